The average molecular weight is 616 g/mol. The highest BCUT2D eigenvalue weighted by atomic mass is 16.5. The van der Waals surface area contributed by atoms with Crippen LogP contribution in [0.25, 0.3) is 23.5 Å². The number of fused-ring (bicyclic) bond motifs is 8. The van der Waals surface area contributed by atoms with E-state index in [2.05, 4.69) is 10.5 Å². The first-order valence-corrected chi connectivity index (χ1v) is 15.2. The lowest BCUT2D eigenvalue weighted by Gasteiger charge is -2.40. The highest BCUT2D eigenvalue weighted by molar-refractivity contribution is 6.39. The van der Waals surface area contributed by atoms with Gasteiger partial charge in [-0.2, -0.15) is 0 Å². The summed E-state index contributed by atoms with van der Waals surface area (Å²) in [5, 5.41) is 7.39. The number of hydrogen-bond donors (Lipinski definition) is 1. The van der Waals surface area contributed by atoms with Crippen LogP contribution in [0, 0.1) is 6.92 Å². The summed E-state index contributed by atoms with van der Waals surface area (Å²) in [5.41, 5.74) is 5.17. The maximum absolute atomic E-state index is 14.7. The molecule has 226 valence electrons. The minimum Gasteiger partial charge on any atom is -0.496 e. The molecule has 2 aliphatic heterocycles. The fraction of sp³-hybridized carbons (Fsp3) is 0.0769. The van der Waals surface area contributed by atoms with Crippen molar-refractivity contribution in [1.82, 2.24) is 5.16 Å². The monoisotopic (exact) mass is 615 g/mol. The molecule has 4 aliphatic rings. The van der Waals surface area contributed by atoms with Crippen LogP contribution in [-0.2, 0) is 10.2 Å². The second kappa shape index (κ2) is 9.61. The second-order valence-electron chi connectivity index (χ2n) is 11.8. The van der Waals surface area contributed by atoms with E-state index < -0.39 is 11.3 Å². The lowest BCUT2D eigenvalue weighted by Crippen LogP contribution is -2.47. The smallest absolute Gasteiger partial charge is 0.244 e. The van der Waals surface area contributed by atoms with Gasteiger partial charge in [-0.1, -0.05) is 90.1 Å². The average Bonchev–Trinajstić information content (AvgIpc) is 3.80. The first-order chi connectivity index (χ1) is 23.0. The van der Waals surface area contributed by atoms with Crippen molar-refractivity contribution in [3.8, 4) is 5.75 Å². The molecule has 1 amide bonds. The Labute approximate surface area is 269 Å². The molecule has 0 saturated heterocycles. The molecule has 2 aliphatic carbocycles. The Morgan fingerprint density at radius 3 is 1.98 bits per heavy atom. The normalized spacial score (nSPS) is 16.9. The Bertz CT molecular complexity index is 2280. The molecule has 1 aromatic heterocycles. The number of amides is 1. The number of methoxy groups -OCH3 is 1. The lowest BCUT2D eigenvalue weighted by molar-refractivity contribution is -0.118. The zero-order valence-corrected chi connectivity index (χ0v) is 25.3. The van der Waals surface area contributed by atoms with Crippen molar-refractivity contribution in [2.45, 2.75) is 12.3 Å². The van der Waals surface area contributed by atoms with Gasteiger partial charge in [0.25, 0.3) is 0 Å². The van der Waals surface area contributed by atoms with Gasteiger partial charge in [0.2, 0.25) is 5.91 Å². The van der Waals surface area contributed by atoms with Crippen molar-refractivity contribution >= 4 is 52.4 Å². The van der Waals surface area contributed by atoms with Gasteiger partial charge in [0.05, 0.1) is 18.5 Å². The number of carbonyl (C=O) groups is 3. The number of aryl methyl sites for hydroxylation is 1. The summed E-state index contributed by atoms with van der Waals surface area (Å²) < 4.78 is 11.5. The highest BCUT2D eigenvalue weighted by Crippen LogP contribution is 2.63. The third kappa shape index (κ3) is 3.36. The Hall–Kier alpha value is -6.28. The van der Waals surface area contributed by atoms with Gasteiger partial charge in [0.1, 0.15) is 22.5 Å². The fourth-order valence-corrected chi connectivity index (χ4v) is 7.64. The largest absolute Gasteiger partial charge is 0.496 e. The van der Waals surface area contributed by atoms with Gasteiger partial charge in [0.15, 0.2) is 17.3 Å². The van der Waals surface area contributed by atoms with Crippen LogP contribution in [-0.4, -0.2) is 29.7 Å². The van der Waals surface area contributed by atoms with Gasteiger partial charge in [0, 0.05) is 50.2 Å². The molecule has 3 heterocycles. The summed E-state index contributed by atoms with van der Waals surface area (Å²) in [5.74, 6) is 0.0610. The van der Waals surface area contributed by atoms with E-state index in [-0.39, 0.29) is 22.7 Å². The molecule has 8 heteroatoms. The number of ether oxygens (including phenoxy) is 1. The molecule has 1 N–H and O–H groups in total. The molecular formula is C39H25N3O5. The van der Waals surface area contributed by atoms with E-state index in [0.717, 1.165) is 5.56 Å². The van der Waals surface area contributed by atoms with Gasteiger partial charge in [-0.05, 0) is 31.2 Å². The van der Waals surface area contributed by atoms with Gasteiger partial charge in [-0.25, -0.2) is 0 Å². The molecule has 4 aromatic carbocycles. The van der Waals surface area contributed by atoms with Gasteiger partial charge in [-0.3, -0.25) is 14.4 Å². The number of nitrogens with zero attached hydrogens (tertiary/aromatic N) is 2. The van der Waals surface area contributed by atoms with Crippen molar-refractivity contribution in [1.29, 1.82) is 0 Å². The van der Waals surface area contributed by atoms with Crippen molar-refractivity contribution in [3.63, 3.8) is 0 Å². The van der Waals surface area contributed by atoms with Crippen LogP contribution in [0.2, 0.25) is 0 Å². The van der Waals surface area contributed by atoms with Crippen LogP contribution in [0.15, 0.2) is 113 Å². The molecule has 0 saturated carbocycles. The number of anilines is 2. The predicted molar refractivity (Wildman–Crippen MR) is 178 cm³/mol. The lowest BCUT2D eigenvalue weighted by atomic mass is 9.65. The molecule has 9 rings (SSSR count). The number of benzene rings is 4. The molecule has 5 aromatic rings. The third-order valence-corrected chi connectivity index (χ3v) is 9.53. The summed E-state index contributed by atoms with van der Waals surface area (Å²) in [6.07, 6.45) is 3.68. The maximum atomic E-state index is 14.7. The number of nitrogens with one attached hydrogen (secondary N) is 1. The highest BCUT2D eigenvalue weighted by Gasteiger charge is 2.65. The van der Waals surface area contributed by atoms with E-state index in [1.165, 1.54) is 0 Å². The predicted octanol–water partition coefficient (Wildman–Crippen LogP) is 7.09. The SMILES string of the molecule is COc1ccccc1/C=C/c1onc(C)c1N1C2=C(C(=O)c3ccccc32)C2(C(=O)Nc3ccccc32)C2=C1c1ccccc1C2=O. The quantitative estimate of drug-likeness (QED) is 0.230. The van der Waals surface area contributed by atoms with Crippen molar-refractivity contribution in [3.05, 3.63) is 153 Å². The zero-order chi connectivity index (χ0) is 32.0. The summed E-state index contributed by atoms with van der Waals surface area (Å²) in [7, 11) is 1.61. The first-order valence-electron chi connectivity index (χ1n) is 15.2. The Morgan fingerprint density at radius 1 is 0.745 bits per heavy atom. The third-order valence-electron chi connectivity index (χ3n) is 9.53. The Morgan fingerprint density at radius 2 is 1.32 bits per heavy atom. The molecule has 1 spiro atoms. The van der Waals surface area contributed by atoms with E-state index in [9.17, 15) is 14.4 Å². The van der Waals surface area contributed by atoms with E-state index >= 15 is 0 Å². The number of carbonyl (C=O) groups excluding carboxylic acids is 3. The maximum Gasteiger partial charge on any atom is 0.244 e. The zero-order valence-electron chi connectivity index (χ0n) is 25.3. The van der Waals surface area contributed by atoms with Crippen LogP contribution in [0.5, 0.6) is 5.75 Å². The standard InChI is InChI=1S/C39H25N3O5/c1-21-33(30(47-41-21)20-19-22-11-3-10-18-29(22)46-2)42-34-23-12-4-6-14-25(23)36(43)31(34)39(27-16-8-9-17-28(27)40-38(39)45)32-35(42)24-13-5-7-15-26(24)37(32)44/h3-20H,1-2H3,(H,40,45)/b20-19+. The molecule has 0 atom stereocenters. The van der Waals surface area contributed by atoms with Crippen LogP contribution >= 0.6 is 0 Å². The van der Waals surface area contributed by atoms with Crippen LogP contribution in [0.1, 0.15) is 54.4 Å². The van der Waals surface area contributed by atoms with Crippen LogP contribution < -0.4 is 15.0 Å². The number of ketones is 2. The summed E-state index contributed by atoms with van der Waals surface area (Å²) >= 11 is 0. The minimum absolute atomic E-state index is 0.237. The molecule has 47 heavy (non-hydrogen) atoms. The Balaban J connectivity index is 1.40. The molecule has 0 fully saturated rings. The van der Waals surface area contributed by atoms with E-state index in [4.69, 9.17) is 9.26 Å². The molecule has 0 bridgehead atoms. The topological polar surface area (TPSA) is 102 Å². The summed E-state index contributed by atoms with van der Waals surface area (Å²) in [4.78, 5) is 45.9. The number of Topliss-reactive ketones (excluding diaryl/α,β-unsaturated/α-hetero) is 2. The van der Waals surface area contributed by atoms with Crippen LogP contribution in [0.3, 0.4) is 0 Å². The first kappa shape index (κ1) is 27.1. The van der Waals surface area contributed by atoms with Gasteiger partial charge >= 0.3 is 0 Å². The number of hydrogen-bond acceptors (Lipinski definition) is 7. The van der Waals surface area contributed by atoms with E-state index in [0.29, 0.717) is 67.8 Å². The summed E-state index contributed by atoms with van der Waals surface area (Å²) in [6, 6.07) is 29.6. The second-order valence-corrected chi connectivity index (χ2v) is 11.8. The molecular weight excluding hydrogens is 590 g/mol. The molecule has 8 nitrogen and oxygen atoms in total. The number of rotatable bonds is 4. The Kier molecular flexibility index (Phi) is 5.53. The number of para-hydroxylation sites is 2. The van der Waals surface area contributed by atoms with E-state index in [1.807, 2.05) is 96.8 Å². The van der Waals surface area contributed by atoms with E-state index in [1.54, 1.807) is 31.4 Å². The van der Waals surface area contributed by atoms with Crippen LogP contribution in [0.4, 0.5) is 11.4 Å². The molecule has 0 unspecified atom stereocenters. The van der Waals surface area contributed by atoms with Crippen molar-refractivity contribution in [2.24, 2.45) is 0 Å². The fourth-order valence-electron chi connectivity index (χ4n) is 7.64. The van der Waals surface area contributed by atoms with Crippen molar-refractivity contribution < 1.29 is 23.6 Å². The molecule has 0 radical (unpaired) electrons. The number of aromatic nitrogens is 1. The van der Waals surface area contributed by atoms with Gasteiger partial charge < -0.3 is 19.5 Å². The minimum atomic E-state index is -1.68. The summed E-state index contributed by atoms with van der Waals surface area (Å²) in [6.45, 7) is 1.83. The van der Waals surface area contributed by atoms with Gasteiger partial charge in [-0.15, -0.1) is 0 Å². The van der Waals surface area contributed by atoms with Crippen molar-refractivity contribution in [2.75, 3.05) is 17.3 Å².